The summed E-state index contributed by atoms with van der Waals surface area (Å²) in [6.45, 7) is 0. The van der Waals surface area contributed by atoms with Crippen molar-refractivity contribution in [2.24, 2.45) is 0 Å². The Bertz CT molecular complexity index is 618. The van der Waals surface area contributed by atoms with Gasteiger partial charge in [-0.1, -0.05) is 6.07 Å². The van der Waals surface area contributed by atoms with Gasteiger partial charge in [-0.05, 0) is 6.20 Å². The molecule has 1 aromatic carbocycles. The quantitative estimate of drug-likeness (QED) is 0.550. The molecule has 77 valence electrons. The Hall–Kier alpha value is -1.25. The van der Waals surface area contributed by atoms with E-state index in [0.29, 0.717) is 0 Å². The van der Waals surface area contributed by atoms with Gasteiger partial charge in [0, 0.05) is 38.3 Å². The van der Waals surface area contributed by atoms with Gasteiger partial charge in [-0.25, -0.2) is 0 Å². The SMILES string of the molecule is Fc1c[c-]c2c(ccn3ccnc23)c1.[Ir]. The molecule has 0 saturated heterocycles. The number of rotatable bonds is 0. The van der Waals surface area contributed by atoms with E-state index in [1.165, 1.54) is 12.1 Å². The second kappa shape index (κ2) is 3.72. The predicted octanol–water partition coefficient (Wildman–Crippen LogP) is 2.42. The van der Waals surface area contributed by atoms with Crippen LogP contribution in [-0.4, -0.2) is 9.38 Å². The van der Waals surface area contributed by atoms with Crippen molar-refractivity contribution in [2.75, 3.05) is 0 Å². The number of pyridine rings is 1. The first-order chi connectivity index (χ1) is 6.84. The third-order valence-electron chi connectivity index (χ3n) is 2.24. The van der Waals surface area contributed by atoms with E-state index in [2.05, 4.69) is 11.1 Å². The third-order valence-corrected chi connectivity index (χ3v) is 2.24. The van der Waals surface area contributed by atoms with Gasteiger partial charge < -0.3 is 4.40 Å². The molecule has 3 aromatic rings. The van der Waals surface area contributed by atoms with Gasteiger partial charge >= 0.3 is 0 Å². The van der Waals surface area contributed by atoms with E-state index in [0.717, 1.165) is 16.4 Å². The van der Waals surface area contributed by atoms with E-state index >= 15 is 0 Å². The monoisotopic (exact) mass is 378 g/mol. The van der Waals surface area contributed by atoms with E-state index in [9.17, 15) is 4.39 Å². The number of halogens is 1. The van der Waals surface area contributed by atoms with Crippen LogP contribution in [-0.2, 0) is 20.1 Å². The number of hydrogen-bond acceptors (Lipinski definition) is 1. The number of fused-ring (bicyclic) bond motifs is 3. The average Bonchev–Trinajstić information content (AvgIpc) is 2.65. The number of imidazole rings is 1. The molecule has 15 heavy (non-hydrogen) atoms. The molecule has 2 heterocycles. The second-order valence-corrected chi connectivity index (χ2v) is 3.12. The fourth-order valence-corrected chi connectivity index (χ4v) is 1.60. The fraction of sp³-hybridized carbons (Fsp3) is 0. The molecule has 0 aliphatic heterocycles. The van der Waals surface area contributed by atoms with E-state index in [-0.39, 0.29) is 25.9 Å². The first-order valence-electron chi connectivity index (χ1n) is 4.27. The van der Waals surface area contributed by atoms with Gasteiger partial charge in [0.15, 0.2) is 0 Å². The van der Waals surface area contributed by atoms with Gasteiger partial charge in [0.05, 0.1) is 5.65 Å². The minimum Gasteiger partial charge on any atom is -0.347 e. The van der Waals surface area contributed by atoms with Gasteiger partial charge in [0.2, 0.25) is 0 Å². The van der Waals surface area contributed by atoms with E-state index < -0.39 is 0 Å². The summed E-state index contributed by atoms with van der Waals surface area (Å²) in [5.41, 5.74) is 0.808. The van der Waals surface area contributed by atoms with Crippen LogP contribution in [0.15, 0.2) is 36.8 Å². The minimum absolute atomic E-state index is 0. The molecule has 3 rings (SSSR count). The molecule has 0 fully saturated rings. The van der Waals surface area contributed by atoms with Gasteiger partial charge in [0.1, 0.15) is 0 Å². The van der Waals surface area contributed by atoms with Crippen molar-refractivity contribution in [3.63, 3.8) is 0 Å². The molecule has 0 N–H and O–H groups in total. The summed E-state index contributed by atoms with van der Waals surface area (Å²) in [5.74, 6) is -0.270. The molecule has 4 heteroatoms. The largest absolute Gasteiger partial charge is 0.347 e. The summed E-state index contributed by atoms with van der Waals surface area (Å²) in [4.78, 5) is 4.19. The van der Waals surface area contributed by atoms with Crippen LogP contribution in [0.3, 0.4) is 0 Å². The zero-order chi connectivity index (χ0) is 9.54. The molecule has 0 bridgehead atoms. The van der Waals surface area contributed by atoms with Crippen LogP contribution in [0.1, 0.15) is 0 Å². The van der Waals surface area contributed by atoms with Crippen LogP contribution in [0, 0.1) is 11.9 Å². The summed E-state index contributed by atoms with van der Waals surface area (Å²) in [5, 5.41) is 1.67. The molecule has 0 saturated carbocycles. The third kappa shape index (κ3) is 1.56. The molecule has 0 spiro atoms. The normalized spacial score (nSPS) is 10.5. The first kappa shape index (κ1) is 10.3. The molecule has 0 amide bonds. The smallest absolute Gasteiger partial charge is 0.0603 e. The maximum absolute atomic E-state index is 12.9. The molecule has 0 unspecified atom stereocenters. The summed E-state index contributed by atoms with van der Waals surface area (Å²) in [7, 11) is 0. The number of hydrogen-bond donors (Lipinski definition) is 0. The predicted molar refractivity (Wildman–Crippen MR) is 51.5 cm³/mol. The Labute approximate surface area is 99.1 Å². The molecule has 1 radical (unpaired) electrons. The topological polar surface area (TPSA) is 17.3 Å². The summed E-state index contributed by atoms with van der Waals surface area (Å²) in [6, 6.07) is 7.56. The van der Waals surface area contributed by atoms with Crippen LogP contribution < -0.4 is 0 Å². The van der Waals surface area contributed by atoms with Gasteiger partial charge in [0.25, 0.3) is 0 Å². The molecule has 2 aromatic heterocycles. The van der Waals surface area contributed by atoms with Crippen molar-refractivity contribution in [3.8, 4) is 0 Å². The zero-order valence-electron chi connectivity index (χ0n) is 7.57. The Morgan fingerprint density at radius 3 is 3.07 bits per heavy atom. The maximum atomic E-state index is 12.9. The van der Waals surface area contributed by atoms with Crippen molar-refractivity contribution < 1.29 is 24.5 Å². The summed E-state index contributed by atoms with van der Waals surface area (Å²) in [6.07, 6.45) is 5.43. The molecule has 0 aliphatic rings. The average molecular weight is 377 g/mol. The number of aromatic nitrogens is 2. The standard InChI is InChI=1S/C11H6FN2.Ir/c12-9-1-2-10-8(7-9)3-5-14-6-4-13-11(10)14;/h1,3-7H;/q-1;. The number of nitrogens with zero attached hydrogens (tertiary/aromatic N) is 2. The van der Waals surface area contributed by atoms with E-state index in [1.54, 1.807) is 6.20 Å². The second-order valence-electron chi connectivity index (χ2n) is 3.12. The van der Waals surface area contributed by atoms with Crippen LogP contribution in [0.2, 0.25) is 0 Å². The van der Waals surface area contributed by atoms with Crippen LogP contribution in [0.5, 0.6) is 0 Å². The first-order valence-corrected chi connectivity index (χ1v) is 4.27. The molecular weight excluding hydrogens is 371 g/mol. The summed E-state index contributed by atoms with van der Waals surface area (Å²) < 4.78 is 14.8. The molecule has 0 atom stereocenters. The van der Waals surface area contributed by atoms with Gasteiger partial charge in [-0.2, -0.15) is 0 Å². The van der Waals surface area contributed by atoms with Crippen molar-refractivity contribution >= 4 is 16.4 Å². The molecule has 0 aliphatic carbocycles. The van der Waals surface area contributed by atoms with Gasteiger partial charge in [-0.3, -0.25) is 9.37 Å². The Balaban J connectivity index is 0.000000853. The van der Waals surface area contributed by atoms with E-state index in [1.807, 2.05) is 22.9 Å². The number of benzene rings is 1. The van der Waals surface area contributed by atoms with Crippen molar-refractivity contribution in [1.29, 1.82) is 0 Å². The fourth-order valence-electron chi connectivity index (χ4n) is 1.60. The minimum atomic E-state index is -0.270. The summed E-state index contributed by atoms with van der Waals surface area (Å²) >= 11 is 0. The maximum Gasteiger partial charge on any atom is 0.0603 e. The van der Waals surface area contributed by atoms with E-state index in [4.69, 9.17) is 0 Å². The Morgan fingerprint density at radius 2 is 2.20 bits per heavy atom. The van der Waals surface area contributed by atoms with Crippen LogP contribution in [0.25, 0.3) is 16.4 Å². The molecule has 2 nitrogen and oxygen atoms in total. The Kier molecular flexibility index (Phi) is 2.55. The van der Waals surface area contributed by atoms with Crippen LogP contribution >= 0.6 is 0 Å². The molecular formula is C11H6FIrN2-. The Morgan fingerprint density at radius 1 is 1.33 bits per heavy atom. The van der Waals surface area contributed by atoms with Gasteiger partial charge in [-0.15, -0.1) is 29.0 Å². The van der Waals surface area contributed by atoms with Crippen molar-refractivity contribution in [3.05, 3.63) is 48.7 Å². The van der Waals surface area contributed by atoms with Crippen LogP contribution in [0.4, 0.5) is 4.39 Å². The van der Waals surface area contributed by atoms with Crippen molar-refractivity contribution in [1.82, 2.24) is 9.38 Å². The zero-order valence-corrected chi connectivity index (χ0v) is 9.96. The van der Waals surface area contributed by atoms with Crippen molar-refractivity contribution in [2.45, 2.75) is 0 Å².